The first-order chi connectivity index (χ1) is 17.5. The minimum absolute atomic E-state index is 0.140. The number of aliphatic hydroxyl groups excluding tert-OH is 1. The number of fused-ring (bicyclic) bond motifs is 1. The van der Waals surface area contributed by atoms with E-state index in [0.717, 1.165) is 22.4 Å². The van der Waals surface area contributed by atoms with Crippen LogP contribution in [0, 0.1) is 0 Å². The molecule has 0 saturated heterocycles. The summed E-state index contributed by atoms with van der Waals surface area (Å²) >= 11 is 12.7. The predicted molar refractivity (Wildman–Crippen MR) is 133 cm³/mol. The zero-order valence-electron chi connectivity index (χ0n) is 18.6. The molecule has 0 aliphatic carbocycles. The fraction of sp³-hybridized carbons (Fsp3) is 0.167. The topological polar surface area (TPSA) is 127 Å². The molecule has 36 heavy (non-hydrogen) atoms. The van der Waals surface area contributed by atoms with Crippen molar-refractivity contribution in [3.8, 4) is 28.1 Å². The molecule has 5 heterocycles. The zero-order chi connectivity index (χ0) is 24.8. The minimum atomic E-state index is -0.282. The third kappa shape index (κ3) is 3.89. The molecule has 2 N–H and O–H groups in total. The number of aromatic amines is 1. The number of nitrogens with zero attached hydrogens (tertiary/aromatic N) is 7. The van der Waals surface area contributed by atoms with Crippen molar-refractivity contribution in [1.29, 1.82) is 0 Å². The van der Waals surface area contributed by atoms with Crippen molar-refractivity contribution in [2.45, 2.75) is 25.5 Å². The first-order valence-electron chi connectivity index (χ1n) is 11.1. The Labute approximate surface area is 214 Å². The van der Waals surface area contributed by atoms with Crippen molar-refractivity contribution in [3.05, 3.63) is 92.7 Å². The number of H-pyrrole nitrogens is 1. The number of halogens is 2. The van der Waals surface area contributed by atoms with E-state index in [2.05, 4.69) is 30.5 Å². The number of tetrazole rings is 1. The van der Waals surface area contributed by atoms with Crippen LogP contribution in [-0.2, 0) is 13.0 Å². The smallest absolute Gasteiger partial charge is 0.252 e. The maximum absolute atomic E-state index is 13.4. The number of imidazole rings is 1. The Morgan fingerprint density at radius 1 is 1.11 bits per heavy atom. The van der Waals surface area contributed by atoms with Gasteiger partial charge in [-0.25, -0.2) is 4.98 Å². The highest BCUT2D eigenvalue weighted by atomic mass is 35.5. The Bertz CT molecular complexity index is 1630. The van der Waals surface area contributed by atoms with Gasteiger partial charge in [-0.2, -0.15) is 4.68 Å². The van der Waals surface area contributed by atoms with Crippen LogP contribution in [0.2, 0.25) is 10.2 Å². The Morgan fingerprint density at radius 3 is 2.75 bits per heavy atom. The van der Waals surface area contributed by atoms with Crippen LogP contribution in [0.5, 0.6) is 0 Å². The van der Waals surface area contributed by atoms with Crippen molar-refractivity contribution < 1.29 is 5.11 Å². The monoisotopic (exact) mass is 520 g/mol. The third-order valence-corrected chi connectivity index (χ3v) is 6.78. The molecule has 1 aliphatic heterocycles. The molecule has 0 radical (unpaired) electrons. The number of hydrogen-bond donors (Lipinski definition) is 2. The molecule has 10 nitrogen and oxygen atoms in total. The van der Waals surface area contributed by atoms with E-state index in [1.165, 1.54) is 11.0 Å². The molecule has 1 aromatic carbocycles. The van der Waals surface area contributed by atoms with Gasteiger partial charge in [0.05, 0.1) is 29.7 Å². The minimum Gasteiger partial charge on any atom is -0.390 e. The second-order valence-corrected chi connectivity index (χ2v) is 9.19. The summed E-state index contributed by atoms with van der Waals surface area (Å²) in [5.41, 5.74) is 4.84. The van der Waals surface area contributed by atoms with Crippen LogP contribution in [0.4, 0.5) is 0 Å². The Balaban J connectivity index is 1.39. The van der Waals surface area contributed by atoms with Gasteiger partial charge in [0.15, 0.2) is 5.15 Å². The van der Waals surface area contributed by atoms with E-state index < -0.39 is 0 Å². The van der Waals surface area contributed by atoms with Crippen LogP contribution >= 0.6 is 23.2 Å². The summed E-state index contributed by atoms with van der Waals surface area (Å²) in [7, 11) is 0. The molecule has 6 rings (SSSR count). The molecule has 5 aromatic rings. The molecule has 1 aliphatic rings. The van der Waals surface area contributed by atoms with Gasteiger partial charge < -0.3 is 14.7 Å². The SMILES string of the molecule is O=c1cc(-c2cc(Cl)ccc2-n2cnnn2)cc2n1[C@H](c1nc(Cl)c(-c3ccc(CO)nc3)[nH]1)CC2. The van der Waals surface area contributed by atoms with Crippen molar-refractivity contribution in [2.75, 3.05) is 0 Å². The largest absolute Gasteiger partial charge is 0.390 e. The maximum Gasteiger partial charge on any atom is 0.252 e. The summed E-state index contributed by atoms with van der Waals surface area (Å²) in [6.07, 6.45) is 4.51. The van der Waals surface area contributed by atoms with E-state index in [1.807, 2.05) is 18.2 Å². The second-order valence-electron chi connectivity index (χ2n) is 8.40. The molecule has 180 valence electrons. The van der Waals surface area contributed by atoms with Gasteiger partial charge in [0, 0.05) is 34.1 Å². The van der Waals surface area contributed by atoms with Crippen LogP contribution in [-0.4, -0.2) is 44.8 Å². The number of aliphatic hydroxyl groups is 1. The molecule has 0 fully saturated rings. The van der Waals surface area contributed by atoms with E-state index >= 15 is 0 Å². The number of rotatable bonds is 5. The third-order valence-electron chi connectivity index (χ3n) is 6.27. The van der Waals surface area contributed by atoms with Crippen molar-refractivity contribution in [1.82, 2.24) is 39.7 Å². The molecular formula is C24H18Cl2N8O2. The molecule has 0 unspecified atom stereocenters. The molecular weight excluding hydrogens is 503 g/mol. The summed E-state index contributed by atoms with van der Waals surface area (Å²) in [4.78, 5) is 25.4. The van der Waals surface area contributed by atoms with Gasteiger partial charge in [0.25, 0.3) is 5.56 Å². The van der Waals surface area contributed by atoms with Crippen LogP contribution in [0.15, 0.2) is 59.8 Å². The summed E-state index contributed by atoms with van der Waals surface area (Å²) in [5, 5.41) is 21.5. The lowest BCUT2D eigenvalue weighted by atomic mass is 10.0. The zero-order valence-corrected chi connectivity index (χ0v) is 20.1. The quantitative estimate of drug-likeness (QED) is 0.362. The van der Waals surface area contributed by atoms with Crippen LogP contribution in [0.3, 0.4) is 0 Å². The lowest BCUT2D eigenvalue weighted by Gasteiger charge is -2.15. The average molecular weight is 521 g/mol. The normalized spacial score (nSPS) is 14.8. The van der Waals surface area contributed by atoms with Gasteiger partial charge in [-0.15, -0.1) is 5.10 Å². The summed E-state index contributed by atoms with van der Waals surface area (Å²) < 4.78 is 3.28. The van der Waals surface area contributed by atoms with E-state index in [4.69, 9.17) is 23.2 Å². The first-order valence-corrected chi connectivity index (χ1v) is 11.9. The molecule has 1 atom stereocenters. The van der Waals surface area contributed by atoms with E-state index in [0.29, 0.717) is 45.9 Å². The summed E-state index contributed by atoms with van der Waals surface area (Å²) in [5.74, 6) is 0.604. The molecule has 4 aromatic heterocycles. The van der Waals surface area contributed by atoms with E-state index in [1.54, 1.807) is 35.0 Å². The van der Waals surface area contributed by atoms with Gasteiger partial charge in [0.2, 0.25) is 0 Å². The number of aromatic nitrogens is 8. The highest BCUT2D eigenvalue weighted by Crippen LogP contribution is 2.35. The Hall–Kier alpha value is -3.86. The standard InChI is InChI=1S/C24H18Cl2N8O2/c25-15-2-5-19(33-12-28-31-32-33)18(9-15)14-7-17-4-6-20(34(17)21(36)8-14)24-29-22(23(26)30-24)13-1-3-16(11-35)27-10-13/h1-3,5,7-10,12,20,35H,4,6,11H2,(H,29,30)/t20-/m0/s1. The van der Waals surface area contributed by atoms with Crippen LogP contribution in [0.1, 0.15) is 29.7 Å². The van der Waals surface area contributed by atoms with Crippen molar-refractivity contribution >= 4 is 23.2 Å². The first kappa shape index (κ1) is 22.6. The van der Waals surface area contributed by atoms with Gasteiger partial charge >= 0.3 is 0 Å². The maximum atomic E-state index is 13.4. The lowest BCUT2D eigenvalue weighted by molar-refractivity contribution is 0.277. The Kier molecular flexibility index (Phi) is 5.63. The predicted octanol–water partition coefficient (Wildman–Crippen LogP) is 3.61. The van der Waals surface area contributed by atoms with Gasteiger partial charge in [-0.05, 0) is 65.2 Å². The number of nitrogens with one attached hydrogen (secondary N) is 1. The fourth-order valence-corrected chi connectivity index (χ4v) is 5.02. The number of aryl methyl sites for hydroxylation is 1. The van der Waals surface area contributed by atoms with Gasteiger partial charge in [-0.1, -0.05) is 23.2 Å². The van der Waals surface area contributed by atoms with Gasteiger partial charge in [0.1, 0.15) is 12.2 Å². The van der Waals surface area contributed by atoms with E-state index in [9.17, 15) is 9.90 Å². The molecule has 0 saturated carbocycles. The number of pyridine rings is 2. The average Bonchev–Trinajstić information content (AvgIpc) is 3.64. The van der Waals surface area contributed by atoms with Crippen LogP contribution in [0.25, 0.3) is 28.1 Å². The molecule has 0 spiro atoms. The molecule has 0 amide bonds. The summed E-state index contributed by atoms with van der Waals surface area (Å²) in [6, 6.07) is 12.2. The number of benzene rings is 1. The second kappa shape index (κ2) is 8.98. The number of hydrogen-bond acceptors (Lipinski definition) is 7. The van der Waals surface area contributed by atoms with Crippen molar-refractivity contribution in [2.24, 2.45) is 0 Å². The molecule has 0 bridgehead atoms. The summed E-state index contributed by atoms with van der Waals surface area (Å²) in [6.45, 7) is -0.140. The van der Waals surface area contributed by atoms with Crippen LogP contribution < -0.4 is 5.56 Å². The van der Waals surface area contributed by atoms with Gasteiger partial charge in [-0.3, -0.25) is 9.78 Å². The fourth-order valence-electron chi connectivity index (χ4n) is 4.60. The highest BCUT2D eigenvalue weighted by Gasteiger charge is 2.29. The highest BCUT2D eigenvalue weighted by molar-refractivity contribution is 6.32. The van der Waals surface area contributed by atoms with Crippen molar-refractivity contribution in [3.63, 3.8) is 0 Å². The molecule has 12 heteroatoms. The van der Waals surface area contributed by atoms with E-state index in [-0.39, 0.29) is 18.2 Å². The lowest BCUT2D eigenvalue weighted by Crippen LogP contribution is -2.24. The Morgan fingerprint density at radius 2 is 2.00 bits per heavy atom.